The predicted octanol–water partition coefficient (Wildman–Crippen LogP) is 22.8. The molecule has 0 aliphatic heterocycles. The fourth-order valence-corrected chi connectivity index (χ4v) is 12.2. The molecule has 0 rings (SSSR count). The SMILES string of the molecule is CC/C=C\C/C=C\C/C=C\C/C=C\CCCCCCC(=O)OCC(COP(=O)(O)OCC(O)COP(=O)(O)OCC(COC(=O)CCCCCCCCCCCCCCCCC)OC(=O)CCCCCCCCCCCCC)OC(=O)CCCCCC/C=C\C/C=C\C/C=C\C/C=C\CC. The fraction of sp³-hybridized carbons (Fsp3) is 0.753. The van der Waals surface area contributed by atoms with Crippen molar-refractivity contribution in [1.29, 1.82) is 0 Å². The maximum Gasteiger partial charge on any atom is 0.472 e. The normalized spacial score (nSPS) is 14.4. The molecule has 19 heteroatoms. The third-order valence-electron chi connectivity index (χ3n) is 16.6. The Balaban J connectivity index is 5.36. The first-order valence-electron chi connectivity index (χ1n) is 39.5. The van der Waals surface area contributed by atoms with Crippen LogP contribution in [-0.2, 0) is 65.4 Å². The molecule has 0 amide bonds. The highest BCUT2D eigenvalue weighted by molar-refractivity contribution is 7.47. The highest BCUT2D eigenvalue weighted by Crippen LogP contribution is 2.45. The summed E-state index contributed by atoms with van der Waals surface area (Å²) in [6.07, 6.45) is 76.7. The van der Waals surface area contributed by atoms with Gasteiger partial charge in [0.25, 0.3) is 0 Å². The summed E-state index contributed by atoms with van der Waals surface area (Å²) in [4.78, 5) is 72.9. The lowest BCUT2D eigenvalue weighted by Crippen LogP contribution is -2.30. The summed E-state index contributed by atoms with van der Waals surface area (Å²) in [5.74, 6) is -2.21. The molecule has 3 N–H and O–H groups in total. The van der Waals surface area contributed by atoms with Crippen molar-refractivity contribution in [2.75, 3.05) is 39.6 Å². The van der Waals surface area contributed by atoms with Crippen molar-refractivity contribution in [3.63, 3.8) is 0 Å². The first-order chi connectivity index (χ1) is 48.7. The van der Waals surface area contributed by atoms with E-state index in [-0.39, 0.29) is 25.7 Å². The summed E-state index contributed by atoms with van der Waals surface area (Å²) >= 11 is 0. The second kappa shape index (κ2) is 73.3. The summed E-state index contributed by atoms with van der Waals surface area (Å²) < 4.78 is 68.5. The standard InChI is InChI=1S/C81H142O17P2/c1-5-9-13-17-21-25-29-32-35-37-40-43-47-50-54-58-62-66-79(84)92-72-77(98-81(86)68-64-60-56-52-48-44-41-38-36-33-30-26-22-18-14-10-6-2)74-96-100(89,90)94-70-75(82)69-93-99(87,88)95-73-76(97-80(85)67-63-59-55-51-45-28-24-20-16-12-8-4)71-91-78(83)65-61-57-53-49-46-42-39-34-31-27-23-19-15-11-7-3/h9-10,13-14,21-22,25-26,32-33,35-36,40-41,43-44,75-77,82H,5-8,11-12,15-20,23-24,27-31,34,37-39,42,45-74H2,1-4H3,(H,87,88)(H,89,90)/b13-9-,14-10-,25-21-,26-22-,35-32-,36-33-,43-40-,44-41-. The van der Waals surface area contributed by atoms with Crippen LogP contribution in [0.1, 0.15) is 336 Å². The van der Waals surface area contributed by atoms with Crippen molar-refractivity contribution in [3.8, 4) is 0 Å². The van der Waals surface area contributed by atoms with Crippen LogP contribution in [0.3, 0.4) is 0 Å². The Labute approximate surface area is 607 Å². The third-order valence-corrected chi connectivity index (χ3v) is 18.5. The van der Waals surface area contributed by atoms with Crippen LogP contribution in [0.5, 0.6) is 0 Å². The van der Waals surface area contributed by atoms with Crippen LogP contribution >= 0.6 is 15.6 Å². The Bertz CT molecular complexity index is 2270. The van der Waals surface area contributed by atoms with Crippen LogP contribution in [0.2, 0.25) is 0 Å². The quantitative estimate of drug-likeness (QED) is 0.0169. The average molecular weight is 1450 g/mol. The molecule has 5 unspecified atom stereocenters. The number of ether oxygens (including phenoxy) is 4. The minimum Gasteiger partial charge on any atom is -0.462 e. The molecule has 0 spiro atoms. The Morgan fingerprint density at radius 3 is 0.800 bits per heavy atom. The molecular weight excluding hydrogens is 1310 g/mol. The van der Waals surface area contributed by atoms with E-state index in [1.165, 1.54) is 109 Å². The summed E-state index contributed by atoms with van der Waals surface area (Å²) in [5.41, 5.74) is 0. The van der Waals surface area contributed by atoms with Gasteiger partial charge in [-0.2, -0.15) is 0 Å². The molecule has 0 aromatic rings. The smallest absolute Gasteiger partial charge is 0.462 e. The van der Waals surface area contributed by atoms with E-state index >= 15 is 0 Å². The number of phosphoric ester groups is 2. The molecule has 0 fully saturated rings. The molecule has 0 saturated heterocycles. The second-order valence-electron chi connectivity index (χ2n) is 26.3. The number of hydrogen-bond donors (Lipinski definition) is 3. The lowest BCUT2D eigenvalue weighted by molar-refractivity contribution is -0.161. The van der Waals surface area contributed by atoms with Gasteiger partial charge in [-0.25, -0.2) is 9.13 Å². The zero-order valence-electron chi connectivity index (χ0n) is 63.1. The van der Waals surface area contributed by atoms with Gasteiger partial charge < -0.3 is 33.8 Å². The van der Waals surface area contributed by atoms with Crippen molar-refractivity contribution in [2.45, 2.75) is 354 Å². The first-order valence-corrected chi connectivity index (χ1v) is 42.5. The summed E-state index contributed by atoms with van der Waals surface area (Å²) in [6.45, 7) is 4.63. The van der Waals surface area contributed by atoms with E-state index in [9.17, 15) is 43.2 Å². The number of aliphatic hydroxyl groups is 1. The molecule has 0 saturated carbocycles. The highest BCUT2D eigenvalue weighted by Gasteiger charge is 2.30. The first kappa shape index (κ1) is 96.0. The monoisotopic (exact) mass is 1450 g/mol. The van der Waals surface area contributed by atoms with Crippen molar-refractivity contribution in [1.82, 2.24) is 0 Å². The molecule has 0 aliphatic rings. The van der Waals surface area contributed by atoms with E-state index in [1.54, 1.807) is 0 Å². The number of hydrogen-bond acceptors (Lipinski definition) is 15. The van der Waals surface area contributed by atoms with E-state index in [2.05, 4.69) is 125 Å². The van der Waals surface area contributed by atoms with Gasteiger partial charge in [0.05, 0.1) is 26.4 Å². The van der Waals surface area contributed by atoms with Crippen molar-refractivity contribution < 1.29 is 80.2 Å². The van der Waals surface area contributed by atoms with Crippen LogP contribution < -0.4 is 0 Å². The lowest BCUT2D eigenvalue weighted by Gasteiger charge is -2.21. The van der Waals surface area contributed by atoms with Gasteiger partial charge in [-0.15, -0.1) is 0 Å². The molecule has 17 nitrogen and oxygen atoms in total. The Morgan fingerprint density at radius 2 is 0.520 bits per heavy atom. The van der Waals surface area contributed by atoms with E-state index in [4.69, 9.17) is 37.0 Å². The van der Waals surface area contributed by atoms with Gasteiger partial charge in [-0.3, -0.25) is 37.3 Å². The number of unbranched alkanes of at least 4 members (excludes halogenated alkanes) is 32. The van der Waals surface area contributed by atoms with Gasteiger partial charge in [-0.1, -0.05) is 305 Å². The number of phosphoric acid groups is 2. The van der Waals surface area contributed by atoms with Crippen LogP contribution in [0, 0.1) is 0 Å². The van der Waals surface area contributed by atoms with Gasteiger partial charge in [0.2, 0.25) is 0 Å². The predicted molar refractivity (Wildman–Crippen MR) is 409 cm³/mol. The second-order valence-corrected chi connectivity index (χ2v) is 29.2. The number of rotatable bonds is 74. The molecule has 0 radical (unpaired) electrons. The van der Waals surface area contributed by atoms with Gasteiger partial charge in [0.15, 0.2) is 12.2 Å². The molecule has 5 atom stereocenters. The number of allylic oxidation sites excluding steroid dienone is 16. The average Bonchev–Trinajstić information content (AvgIpc) is 1.00. The van der Waals surface area contributed by atoms with Gasteiger partial charge >= 0.3 is 39.5 Å². The molecular formula is C81H142O17P2. The zero-order valence-corrected chi connectivity index (χ0v) is 64.9. The van der Waals surface area contributed by atoms with Crippen molar-refractivity contribution in [3.05, 3.63) is 97.2 Å². The summed E-state index contributed by atoms with van der Waals surface area (Å²) in [6, 6.07) is 0. The zero-order chi connectivity index (χ0) is 73.2. The third kappa shape index (κ3) is 72.3. The number of esters is 4. The molecule has 0 aromatic heterocycles. The maximum absolute atomic E-state index is 13.1. The largest absolute Gasteiger partial charge is 0.472 e. The van der Waals surface area contributed by atoms with Gasteiger partial charge in [-0.05, 0) is 103 Å². The Hall–Kier alpha value is -4.02. The molecule has 0 aromatic carbocycles. The maximum atomic E-state index is 13.1. The number of carbonyl (C=O) groups is 4. The van der Waals surface area contributed by atoms with Crippen molar-refractivity contribution in [2.24, 2.45) is 0 Å². The van der Waals surface area contributed by atoms with Crippen LogP contribution in [-0.4, -0.2) is 96.7 Å². The summed E-state index contributed by atoms with van der Waals surface area (Å²) in [7, 11) is -9.96. The molecule has 0 bridgehead atoms. The van der Waals surface area contributed by atoms with E-state index < -0.39 is 97.5 Å². The van der Waals surface area contributed by atoms with Crippen LogP contribution in [0.25, 0.3) is 0 Å². The van der Waals surface area contributed by atoms with E-state index in [0.29, 0.717) is 25.7 Å². The molecule has 0 heterocycles. The van der Waals surface area contributed by atoms with Gasteiger partial charge in [0, 0.05) is 25.7 Å². The summed E-state index contributed by atoms with van der Waals surface area (Å²) in [5, 5.41) is 10.6. The topological polar surface area (TPSA) is 237 Å². The fourth-order valence-electron chi connectivity index (χ4n) is 10.6. The van der Waals surface area contributed by atoms with Gasteiger partial charge in [0.1, 0.15) is 19.3 Å². The molecule has 100 heavy (non-hydrogen) atoms. The van der Waals surface area contributed by atoms with Crippen LogP contribution in [0.15, 0.2) is 97.2 Å². The van der Waals surface area contributed by atoms with E-state index in [1.807, 2.05) is 0 Å². The highest BCUT2D eigenvalue weighted by atomic mass is 31.2. The van der Waals surface area contributed by atoms with Crippen molar-refractivity contribution >= 4 is 39.5 Å². The Morgan fingerprint density at radius 1 is 0.290 bits per heavy atom. The molecule has 578 valence electrons. The minimum atomic E-state index is -4.99. The number of aliphatic hydroxyl groups excluding tert-OH is 1. The van der Waals surface area contributed by atoms with E-state index in [0.717, 1.165) is 148 Å². The Kier molecular flexibility index (Phi) is 70.4. The molecule has 0 aliphatic carbocycles. The number of carbonyl (C=O) groups excluding carboxylic acids is 4. The van der Waals surface area contributed by atoms with Crippen LogP contribution in [0.4, 0.5) is 0 Å². The minimum absolute atomic E-state index is 0.0611. The lowest BCUT2D eigenvalue weighted by atomic mass is 10.0.